The fourth-order valence-corrected chi connectivity index (χ4v) is 2.38. The highest BCUT2D eigenvalue weighted by molar-refractivity contribution is 7.94. The lowest BCUT2D eigenvalue weighted by Gasteiger charge is -2.04. The van der Waals surface area contributed by atoms with Crippen LogP contribution in [0.3, 0.4) is 0 Å². The summed E-state index contributed by atoms with van der Waals surface area (Å²) >= 11 is 0. The predicted molar refractivity (Wildman–Crippen MR) is 74.9 cm³/mol. The quantitative estimate of drug-likeness (QED) is 0.831. The third-order valence-corrected chi connectivity index (χ3v) is 3.71. The van der Waals surface area contributed by atoms with E-state index < -0.39 is 21.8 Å². The largest absolute Gasteiger partial charge is 0.481 e. The van der Waals surface area contributed by atoms with Gasteiger partial charge in [-0.25, -0.2) is 8.42 Å². The summed E-state index contributed by atoms with van der Waals surface area (Å²) in [4.78, 5) is 10.5. The van der Waals surface area contributed by atoms with Gasteiger partial charge in [0.2, 0.25) is 0 Å². The van der Waals surface area contributed by atoms with Crippen molar-refractivity contribution >= 4 is 28.2 Å². The van der Waals surface area contributed by atoms with Crippen molar-refractivity contribution < 1.29 is 18.3 Å². The SMILES string of the molecule is Cl.NC(/C=C/S(=O)(=O)c1ccccc1)CCC(=O)O. The molecule has 0 amide bonds. The maximum atomic E-state index is 11.8. The minimum atomic E-state index is -3.50. The van der Waals surface area contributed by atoms with Crippen LogP contribution in [0.25, 0.3) is 0 Å². The van der Waals surface area contributed by atoms with Crippen LogP contribution in [0.15, 0.2) is 46.7 Å². The maximum Gasteiger partial charge on any atom is 0.303 e. The Balaban J connectivity index is 0.00000324. The molecule has 0 aromatic heterocycles. The smallest absolute Gasteiger partial charge is 0.303 e. The van der Waals surface area contributed by atoms with Crippen LogP contribution in [0.5, 0.6) is 0 Å². The first-order valence-electron chi connectivity index (χ1n) is 5.37. The molecule has 0 bridgehead atoms. The highest BCUT2D eigenvalue weighted by Gasteiger charge is 2.10. The number of carbonyl (C=O) groups is 1. The van der Waals surface area contributed by atoms with E-state index in [9.17, 15) is 13.2 Å². The molecule has 106 valence electrons. The zero-order valence-electron chi connectivity index (χ0n) is 10.1. The summed E-state index contributed by atoms with van der Waals surface area (Å²) in [5, 5.41) is 9.49. The molecule has 0 heterocycles. The Morgan fingerprint density at radius 1 is 1.32 bits per heavy atom. The van der Waals surface area contributed by atoms with Crippen LogP contribution in [0.4, 0.5) is 0 Å². The van der Waals surface area contributed by atoms with Crippen molar-refractivity contribution in [3.8, 4) is 0 Å². The summed E-state index contributed by atoms with van der Waals surface area (Å²) < 4.78 is 23.6. The standard InChI is InChI=1S/C12H15NO4S.ClH/c13-10(6-7-12(14)15)8-9-18(16,17)11-4-2-1-3-5-11;/h1-5,8-10H,6-7,13H2,(H,14,15);1H/b9-8+;. The molecule has 0 radical (unpaired) electrons. The van der Waals surface area contributed by atoms with Gasteiger partial charge in [0.15, 0.2) is 9.84 Å². The summed E-state index contributed by atoms with van der Waals surface area (Å²) in [6.45, 7) is 0. The van der Waals surface area contributed by atoms with E-state index in [1.807, 2.05) is 0 Å². The number of benzene rings is 1. The van der Waals surface area contributed by atoms with Gasteiger partial charge in [0.25, 0.3) is 0 Å². The number of hydrogen-bond acceptors (Lipinski definition) is 4. The lowest BCUT2D eigenvalue weighted by Crippen LogP contribution is -2.18. The molecule has 5 nitrogen and oxygen atoms in total. The topological polar surface area (TPSA) is 97.5 Å². The zero-order valence-corrected chi connectivity index (χ0v) is 11.7. The van der Waals surface area contributed by atoms with Gasteiger partial charge in [0.1, 0.15) is 0 Å². The van der Waals surface area contributed by atoms with Gasteiger partial charge < -0.3 is 10.8 Å². The third kappa shape index (κ3) is 6.37. The second-order valence-corrected chi connectivity index (χ2v) is 5.62. The molecule has 1 aromatic rings. The molecule has 1 atom stereocenters. The molecule has 7 heteroatoms. The van der Waals surface area contributed by atoms with E-state index in [2.05, 4.69) is 0 Å². The lowest BCUT2D eigenvalue weighted by atomic mass is 10.2. The third-order valence-electron chi connectivity index (χ3n) is 2.27. The average Bonchev–Trinajstić information content (AvgIpc) is 2.35. The number of rotatable bonds is 6. The second kappa shape index (κ2) is 7.93. The van der Waals surface area contributed by atoms with Gasteiger partial charge >= 0.3 is 5.97 Å². The molecule has 0 saturated heterocycles. The summed E-state index contributed by atoms with van der Waals surface area (Å²) in [5.41, 5.74) is 5.59. The van der Waals surface area contributed by atoms with Gasteiger partial charge in [-0.2, -0.15) is 0 Å². The Kier molecular flexibility index (Phi) is 7.36. The Morgan fingerprint density at radius 2 is 1.89 bits per heavy atom. The first-order valence-corrected chi connectivity index (χ1v) is 6.92. The van der Waals surface area contributed by atoms with Crippen LogP contribution < -0.4 is 5.73 Å². The Labute approximate surface area is 118 Å². The molecule has 0 aliphatic carbocycles. The highest BCUT2D eigenvalue weighted by atomic mass is 35.5. The summed E-state index contributed by atoms with van der Waals surface area (Å²) in [6, 6.07) is 7.38. The Hall–Kier alpha value is -1.37. The number of halogens is 1. The highest BCUT2D eigenvalue weighted by Crippen LogP contribution is 2.11. The fraction of sp³-hybridized carbons (Fsp3) is 0.250. The first-order chi connectivity index (χ1) is 8.42. The zero-order chi connectivity index (χ0) is 13.6. The average molecular weight is 306 g/mol. The molecule has 0 fully saturated rings. The van der Waals surface area contributed by atoms with Crippen molar-refractivity contribution in [2.75, 3.05) is 0 Å². The number of carboxylic acids is 1. The van der Waals surface area contributed by atoms with Gasteiger partial charge in [-0.1, -0.05) is 24.3 Å². The molecule has 0 spiro atoms. The normalized spacial score (nSPS) is 12.9. The summed E-state index contributed by atoms with van der Waals surface area (Å²) in [6.07, 6.45) is 1.43. The lowest BCUT2D eigenvalue weighted by molar-refractivity contribution is -0.137. The van der Waals surface area contributed by atoms with Gasteiger partial charge in [-0.3, -0.25) is 4.79 Å². The number of hydrogen-bond donors (Lipinski definition) is 2. The van der Waals surface area contributed by atoms with Crippen molar-refractivity contribution in [3.05, 3.63) is 41.8 Å². The van der Waals surface area contributed by atoms with Gasteiger partial charge in [-0.15, -0.1) is 12.4 Å². The van der Waals surface area contributed by atoms with Crippen LogP contribution in [0, 0.1) is 0 Å². The molecule has 0 aliphatic heterocycles. The molecule has 0 saturated carbocycles. The van der Waals surface area contributed by atoms with E-state index in [1.165, 1.54) is 18.2 Å². The molecule has 1 unspecified atom stereocenters. The molecule has 1 aromatic carbocycles. The first kappa shape index (κ1) is 17.6. The number of aliphatic carboxylic acids is 1. The van der Waals surface area contributed by atoms with E-state index in [4.69, 9.17) is 10.8 Å². The monoisotopic (exact) mass is 305 g/mol. The minimum absolute atomic E-state index is 0. The van der Waals surface area contributed by atoms with Gasteiger partial charge in [0, 0.05) is 17.9 Å². The van der Waals surface area contributed by atoms with Crippen molar-refractivity contribution in [1.29, 1.82) is 0 Å². The van der Waals surface area contributed by atoms with Crippen LogP contribution in [-0.2, 0) is 14.6 Å². The number of sulfone groups is 1. The second-order valence-electron chi connectivity index (χ2n) is 3.78. The van der Waals surface area contributed by atoms with Crippen LogP contribution in [0.2, 0.25) is 0 Å². The van der Waals surface area contributed by atoms with E-state index in [1.54, 1.807) is 18.2 Å². The van der Waals surface area contributed by atoms with Crippen LogP contribution in [0.1, 0.15) is 12.8 Å². The Morgan fingerprint density at radius 3 is 2.42 bits per heavy atom. The van der Waals surface area contributed by atoms with Crippen molar-refractivity contribution in [2.24, 2.45) is 5.73 Å². The predicted octanol–water partition coefficient (Wildman–Crippen LogP) is 1.59. The molecule has 3 N–H and O–H groups in total. The van der Waals surface area contributed by atoms with E-state index in [-0.39, 0.29) is 30.1 Å². The Bertz CT molecular complexity index is 528. The van der Waals surface area contributed by atoms with E-state index in [0.717, 1.165) is 5.41 Å². The number of carboxylic acid groups (broad SMARTS) is 1. The minimum Gasteiger partial charge on any atom is -0.481 e. The van der Waals surface area contributed by atoms with E-state index >= 15 is 0 Å². The van der Waals surface area contributed by atoms with E-state index in [0.29, 0.717) is 0 Å². The summed E-state index contributed by atoms with van der Waals surface area (Å²) in [5.74, 6) is -0.954. The van der Waals surface area contributed by atoms with Crippen LogP contribution >= 0.6 is 12.4 Å². The summed E-state index contributed by atoms with van der Waals surface area (Å²) in [7, 11) is -3.50. The molecular formula is C12H16ClNO4S. The molecule has 19 heavy (non-hydrogen) atoms. The molecular weight excluding hydrogens is 290 g/mol. The fourth-order valence-electron chi connectivity index (χ4n) is 1.28. The van der Waals surface area contributed by atoms with Crippen molar-refractivity contribution in [1.82, 2.24) is 0 Å². The van der Waals surface area contributed by atoms with Gasteiger partial charge in [-0.05, 0) is 18.6 Å². The molecule has 0 aliphatic rings. The van der Waals surface area contributed by atoms with Crippen LogP contribution in [-0.4, -0.2) is 25.5 Å². The molecule has 1 rings (SSSR count). The number of nitrogens with two attached hydrogens (primary N) is 1. The van der Waals surface area contributed by atoms with Crippen molar-refractivity contribution in [3.63, 3.8) is 0 Å². The van der Waals surface area contributed by atoms with Gasteiger partial charge in [0.05, 0.1) is 4.90 Å². The van der Waals surface area contributed by atoms with Crippen molar-refractivity contribution in [2.45, 2.75) is 23.8 Å². The maximum absolute atomic E-state index is 11.8.